The lowest BCUT2D eigenvalue weighted by atomic mass is 9.84. The van der Waals surface area contributed by atoms with Crippen LogP contribution in [0.15, 0.2) is 22.7 Å². The lowest BCUT2D eigenvalue weighted by Crippen LogP contribution is -2.30. The molecule has 1 saturated carbocycles. The monoisotopic (exact) mass is 374 g/mol. The standard InChI is InChI=1S/C15H20Br2O/c1-2-11-6-3-4-9-14(11)18-15-12(10-16)7-5-8-13(15)17/h5,7-8,11,14H,2-4,6,9-10H2,1H3. The first kappa shape index (κ1) is 14.4. The molecular weight excluding hydrogens is 356 g/mol. The highest BCUT2D eigenvalue weighted by molar-refractivity contribution is 9.10. The van der Waals surface area contributed by atoms with E-state index in [1.807, 2.05) is 0 Å². The van der Waals surface area contributed by atoms with Crippen molar-refractivity contribution in [1.29, 1.82) is 0 Å². The van der Waals surface area contributed by atoms with Gasteiger partial charge >= 0.3 is 0 Å². The molecule has 1 aliphatic carbocycles. The van der Waals surface area contributed by atoms with Crippen LogP contribution in [0.2, 0.25) is 0 Å². The molecule has 1 nitrogen and oxygen atoms in total. The fourth-order valence-electron chi connectivity index (χ4n) is 2.74. The molecule has 0 spiro atoms. The van der Waals surface area contributed by atoms with E-state index >= 15 is 0 Å². The molecule has 1 aromatic carbocycles. The zero-order valence-electron chi connectivity index (χ0n) is 10.8. The van der Waals surface area contributed by atoms with Gasteiger partial charge in [-0.05, 0) is 53.6 Å². The number of halogens is 2. The van der Waals surface area contributed by atoms with Gasteiger partial charge in [-0.2, -0.15) is 0 Å². The van der Waals surface area contributed by atoms with Gasteiger partial charge in [-0.1, -0.05) is 41.4 Å². The third-order valence-electron chi connectivity index (χ3n) is 3.83. The fourth-order valence-corrected chi connectivity index (χ4v) is 3.68. The van der Waals surface area contributed by atoms with Gasteiger partial charge in [-0.3, -0.25) is 0 Å². The normalized spacial score (nSPS) is 23.9. The van der Waals surface area contributed by atoms with Crippen molar-refractivity contribution in [3.05, 3.63) is 28.2 Å². The van der Waals surface area contributed by atoms with Crippen molar-refractivity contribution in [2.75, 3.05) is 0 Å². The Morgan fingerprint density at radius 2 is 2.06 bits per heavy atom. The van der Waals surface area contributed by atoms with Crippen LogP contribution in [0.25, 0.3) is 0 Å². The minimum atomic E-state index is 0.389. The Kier molecular flexibility index (Phi) is 5.56. The van der Waals surface area contributed by atoms with Crippen molar-refractivity contribution >= 4 is 31.9 Å². The summed E-state index contributed by atoms with van der Waals surface area (Å²) in [6.07, 6.45) is 6.78. The first-order chi connectivity index (χ1) is 8.76. The van der Waals surface area contributed by atoms with Crippen molar-refractivity contribution in [3.8, 4) is 5.75 Å². The minimum Gasteiger partial charge on any atom is -0.489 e. The van der Waals surface area contributed by atoms with Gasteiger partial charge in [0.05, 0.1) is 4.47 Å². The molecule has 2 rings (SSSR count). The van der Waals surface area contributed by atoms with E-state index in [1.54, 1.807) is 0 Å². The van der Waals surface area contributed by atoms with E-state index in [1.165, 1.54) is 37.7 Å². The maximum Gasteiger partial charge on any atom is 0.137 e. The van der Waals surface area contributed by atoms with E-state index in [0.717, 1.165) is 15.6 Å². The van der Waals surface area contributed by atoms with E-state index in [9.17, 15) is 0 Å². The van der Waals surface area contributed by atoms with Gasteiger partial charge in [0.2, 0.25) is 0 Å². The molecule has 1 aromatic rings. The highest BCUT2D eigenvalue weighted by atomic mass is 79.9. The summed E-state index contributed by atoms with van der Waals surface area (Å²) in [5.74, 6) is 1.74. The molecule has 2 unspecified atom stereocenters. The van der Waals surface area contributed by atoms with Gasteiger partial charge in [-0.25, -0.2) is 0 Å². The van der Waals surface area contributed by atoms with Gasteiger partial charge < -0.3 is 4.74 Å². The van der Waals surface area contributed by atoms with Crippen molar-refractivity contribution in [2.45, 2.75) is 50.5 Å². The molecule has 0 aliphatic heterocycles. The van der Waals surface area contributed by atoms with Crippen LogP contribution in [0.1, 0.15) is 44.6 Å². The lowest BCUT2D eigenvalue weighted by molar-refractivity contribution is 0.0889. The molecular formula is C15H20Br2O. The molecule has 3 heteroatoms. The summed E-state index contributed by atoms with van der Waals surface area (Å²) in [5, 5.41) is 0.839. The summed E-state index contributed by atoms with van der Waals surface area (Å²) in [5.41, 5.74) is 1.23. The molecule has 0 heterocycles. The summed E-state index contributed by atoms with van der Waals surface area (Å²) >= 11 is 7.15. The molecule has 0 N–H and O–H groups in total. The van der Waals surface area contributed by atoms with Crippen LogP contribution in [0.4, 0.5) is 0 Å². The second-order valence-corrected chi connectivity index (χ2v) is 6.39. The predicted molar refractivity (Wildman–Crippen MR) is 83.4 cm³/mol. The summed E-state index contributed by atoms with van der Waals surface area (Å²) in [4.78, 5) is 0. The molecule has 1 aliphatic rings. The van der Waals surface area contributed by atoms with E-state index in [2.05, 4.69) is 57.0 Å². The van der Waals surface area contributed by atoms with Crippen LogP contribution in [-0.2, 0) is 5.33 Å². The Hall–Kier alpha value is -0.0200. The predicted octanol–water partition coefficient (Wildman–Crippen LogP) is 5.69. The van der Waals surface area contributed by atoms with Gasteiger partial charge in [0.15, 0.2) is 0 Å². The summed E-state index contributed by atoms with van der Waals surface area (Å²) in [7, 11) is 0. The summed E-state index contributed by atoms with van der Waals surface area (Å²) in [6, 6.07) is 6.25. The molecule has 0 aromatic heterocycles. The lowest BCUT2D eigenvalue weighted by Gasteiger charge is -2.32. The molecule has 0 bridgehead atoms. The number of ether oxygens (including phenoxy) is 1. The average molecular weight is 376 g/mol. The fraction of sp³-hybridized carbons (Fsp3) is 0.600. The van der Waals surface area contributed by atoms with Crippen LogP contribution in [0.5, 0.6) is 5.75 Å². The van der Waals surface area contributed by atoms with Crippen molar-refractivity contribution in [3.63, 3.8) is 0 Å². The number of benzene rings is 1. The molecule has 0 amide bonds. The molecule has 1 fully saturated rings. The Balaban J connectivity index is 2.17. The van der Waals surface area contributed by atoms with Crippen molar-refractivity contribution < 1.29 is 4.74 Å². The van der Waals surface area contributed by atoms with E-state index in [0.29, 0.717) is 12.0 Å². The zero-order chi connectivity index (χ0) is 13.0. The van der Waals surface area contributed by atoms with Crippen molar-refractivity contribution in [1.82, 2.24) is 0 Å². The van der Waals surface area contributed by atoms with Crippen LogP contribution in [0.3, 0.4) is 0 Å². The van der Waals surface area contributed by atoms with Crippen LogP contribution in [0, 0.1) is 5.92 Å². The number of alkyl halides is 1. The van der Waals surface area contributed by atoms with Gasteiger partial charge in [0, 0.05) is 10.9 Å². The highest BCUT2D eigenvalue weighted by Gasteiger charge is 2.26. The van der Waals surface area contributed by atoms with E-state index in [4.69, 9.17) is 4.74 Å². The first-order valence-electron chi connectivity index (χ1n) is 6.76. The van der Waals surface area contributed by atoms with Crippen molar-refractivity contribution in [2.24, 2.45) is 5.92 Å². The molecule has 0 radical (unpaired) electrons. The Morgan fingerprint density at radius 3 is 2.78 bits per heavy atom. The second kappa shape index (κ2) is 6.95. The van der Waals surface area contributed by atoms with Crippen LogP contribution < -0.4 is 4.74 Å². The number of hydrogen-bond donors (Lipinski definition) is 0. The largest absolute Gasteiger partial charge is 0.489 e. The first-order valence-corrected chi connectivity index (χ1v) is 8.67. The quantitative estimate of drug-likeness (QED) is 0.614. The van der Waals surface area contributed by atoms with E-state index in [-0.39, 0.29) is 0 Å². The molecule has 2 atom stereocenters. The van der Waals surface area contributed by atoms with Gasteiger partial charge in [-0.15, -0.1) is 0 Å². The number of rotatable bonds is 4. The van der Waals surface area contributed by atoms with Gasteiger partial charge in [0.25, 0.3) is 0 Å². The third-order valence-corrected chi connectivity index (χ3v) is 5.05. The summed E-state index contributed by atoms with van der Waals surface area (Å²) < 4.78 is 7.40. The van der Waals surface area contributed by atoms with Crippen LogP contribution in [-0.4, -0.2) is 6.10 Å². The number of hydrogen-bond acceptors (Lipinski definition) is 1. The highest BCUT2D eigenvalue weighted by Crippen LogP contribution is 2.36. The second-order valence-electron chi connectivity index (χ2n) is 4.97. The maximum atomic E-state index is 6.33. The Morgan fingerprint density at radius 1 is 1.28 bits per heavy atom. The zero-order valence-corrected chi connectivity index (χ0v) is 14.0. The molecule has 18 heavy (non-hydrogen) atoms. The summed E-state index contributed by atoms with van der Waals surface area (Å²) in [6.45, 7) is 2.28. The molecule has 0 saturated heterocycles. The number of para-hydroxylation sites is 1. The smallest absolute Gasteiger partial charge is 0.137 e. The van der Waals surface area contributed by atoms with E-state index < -0.39 is 0 Å². The van der Waals surface area contributed by atoms with Crippen LogP contribution >= 0.6 is 31.9 Å². The average Bonchev–Trinajstić information content (AvgIpc) is 2.41. The SMILES string of the molecule is CCC1CCCCC1Oc1c(Br)cccc1CBr. The maximum absolute atomic E-state index is 6.33. The Bertz CT molecular complexity index is 392. The topological polar surface area (TPSA) is 9.23 Å². The Labute approximate surface area is 127 Å². The molecule has 100 valence electrons. The minimum absolute atomic E-state index is 0.389. The van der Waals surface area contributed by atoms with Gasteiger partial charge in [0.1, 0.15) is 11.9 Å². The third kappa shape index (κ3) is 3.30.